The number of ether oxygens (including phenoxy) is 1. The number of amides is 1. The van der Waals surface area contributed by atoms with Crippen LogP contribution in [0.4, 0.5) is 4.79 Å². The van der Waals surface area contributed by atoms with E-state index in [2.05, 4.69) is 35.2 Å². The Hall–Kier alpha value is -2.41. The van der Waals surface area contributed by atoms with Crippen LogP contribution in [0.1, 0.15) is 24.0 Å². The molecule has 2 N–H and O–H groups in total. The molecule has 0 bridgehead atoms. The van der Waals surface area contributed by atoms with Crippen LogP contribution in [0, 0.1) is 23.7 Å². The van der Waals surface area contributed by atoms with Crippen LogP contribution in [-0.4, -0.2) is 64.5 Å². The maximum absolute atomic E-state index is 11.9. The van der Waals surface area contributed by atoms with Crippen LogP contribution in [0.2, 0.25) is 0 Å². The van der Waals surface area contributed by atoms with E-state index in [0.717, 1.165) is 36.9 Å². The predicted molar refractivity (Wildman–Crippen MR) is 125 cm³/mol. The second-order valence-electron chi connectivity index (χ2n) is 9.93. The number of hydrogen-bond donors (Lipinski definition) is 2. The van der Waals surface area contributed by atoms with Gasteiger partial charge in [-0.25, -0.2) is 4.79 Å². The normalized spacial score (nSPS) is 31.3. The number of likely N-dealkylation sites (tertiary alicyclic amines) is 2. The van der Waals surface area contributed by atoms with Crippen LogP contribution in [0.25, 0.3) is 0 Å². The topological polar surface area (TPSA) is 73.2 Å². The molecule has 2 aliphatic carbocycles. The average molecular weight is 451 g/mol. The molecule has 2 aliphatic heterocycles. The quantitative estimate of drug-likeness (QED) is 0.708. The van der Waals surface area contributed by atoms with E-state index in [1.54, 1.807) is 4.90 Å². The van der Waals surface area contributed by atoms with E-state index in [1.807, 2.05) is 30.3 Å². The molecule has 6 atom stereocenters. The SMILES string of the molecule is O=C(OCc1ccccc1)N1C[C@@H]2C[C@@H]2[C@H]1CO.OC[C@@H]1[C@H]2C[C@H]2CN1Cc1ccccc1. The van der Waals surface area contributed by atoms with Gasteiger partial charge in [-0.3, -0.25) is 4.90 Å². The number of carbonyl (C=O) groups excluding carboxylic acids is 1. The molecule has 0 radical (unpaired) electrons. The lowest BCUT2D eigenvalue weighted by Crippen LogP contribution is -2.40. The number of aliphatic hydroxyl groups excluding tert-OH is 2. The van der Waals surface area contributed by atoms with Crippen molar-refractivity contribution in [2.45, 2.75) is 38.1 Å². The zero-order chi connectivity index (χ0) is 22.8. The van der Waals surface area contributed by atoms with Gasteiger partial charge in [-0.2, -0.15) is 0 Å². The van der Waals surface area contributed by atoms with Gasteiger partial charge in [-0.05, 0) is 47.6 Å². The fourth-order valence-corrected chi connectivity index (χ4v) is 5.73. The van der Waals surface area contributed by atoms with Crippen molar-refractivity contribution in [1.29, 1.82) is 0 Å². The minimum Gasteiger partial charge on any atom is -0.445 e. The maximum Gasteiger partial charge on any atom is 0.410 e. The average Bonchev–Trinajstić information content (AvgIpc) is 3.74. The molecule has 4 aliphatic rings. The van der Waals surface area contributed by atoms with E-state index in [9.17, 15) is 15.0 Å². The summed E-state index contributed by atoms with van der Waals surface area (Å²) < 4.78 is 5.29. The molecule has 2 saturated heterocycles. The second kappa shape index (κ2) is 9.84. The predicted octanol–water partition coefficient (Wildman–Crippen LogP) is 3.14. The van der Waals surface area contributed by atoms with Crippen LogP contribution in [0.5, 0.6) is 0 Å². The van der Waals surface area contributed by atoms with Crippen molar-refractivity contribution in [3.63, 3.8) is 0 Å². The zero-order valence-electron chi connectivity index (χ0n) is 19.0. The largest absolute Gasteiger partial charge is 0.445 e. The van der Waals surface area contributed by atoms with Crippen molar-refractivity contribution in [3.05, 3.63) is 71.8 Å². The summed E-state index contributed by atoms with van der Waals surface area (Å²) in [5.74, 6) is 2.76. The number of fused-ring (bicyclic) bond motifs is 2. The standard InChI is InChI=1S/C14H17NO3.C13H17NO/c16-8-13-12-6-11(12)7-15(13)14(17)18-9-10-4-2-1-3-5-10;15-9-13-12-6-11(12)8-14(13)7-10-4-2-1-3-5-10/h1-5,11-13,16H,6-9H2;1-5,11-13,15H,6-9H2/t2*11-,12-,13+/m00/s1. The lowest BCUT2D eigenvalue weighted by atomic mass is 10.1. The summed E-state index contributed by atoms with van der Waals surface area (Å²) in [6, 6.07) is 20.6. The molecule has 0 unspecified atom stereocenters. The number of nitrogens with zero attached hydrogens (tertiary/aromatic N) is 2. The molecule has 1 amide bonds. The Morgan fingerprint density at radius 2 is 1.39 bits per heavy atom. The Morgan fingerprint density at radius 1 is 0.818 bits per heavy atom. The van der Waals surface area contributed by atoms with E-state index in [1.165, 1.54) is 18.5 Å². The fourth-order valence-electron chi connectivity index (χ4n) is 5.73. The van der Waals surface area contributed by atoms with Crippen molar-refractivity contribution < 1.29 is 19.7 Å². The van der Waals surface area contributed by atoms with Gasteiger partial charge in [0, 0.05) is 25.7 Å². The van der Waals surface area contributed by atoms with E-state index in [0.29, 0.717) is 31.1 Å². The molecule has 6 rings (SSSR count). The van der Waals surface area contributed by atoms with Crippen LogP contribution >= 0.6 is 0 Å². The van der Waals surface area contributed by atoms with Crippen LogP contribution < -0.4 is 0 Å². The molecule has 6 heteroatoms. The number of piperidine rings is 2. The Balaban J connectivity index is 0.000000140. The van der Waals surface area contributed by atoms with Gasteiger partial charge >= 0.3 is 6.09 Å². The zero-order valence-corrected chi connectivity index (χ0v) is 19.0. The van der Waals surface area contributed by atoms with Crippen molar-refractivity contribution in [1.82, 2.24) is 9.80 Å². The number of carbonyl (C=O) groups is 1. The summed E-state index contributed by atoms with van der Waals surface area (Å²) in [4.78, 5) is 16.1. The van der Waals surface area contributed by atoms with Gasteiger partial charge < -0.3 is 19.8 Å². The second-order valence-corrected chi connectivity index (χ2v) is 9.93. The van der Waals surface area contributed by atoms with Gasteiger partial charge in [0.2, 0.25) is 0 Å². The first-order valence-electron chi connectivity index (χ1n) is 12.1. The van der Waals surface area contributed by atoms with E-state index < -0.39 is 0 Å². The minimum atomic E-state index is -0.301. The van der Waals surface area contributed by atoms with Crippen LogP contribution in [-0.2, 0) is 17.9 Å². The van der Waals surface area contributed by atoms with Gasteiger partial charge in [0.05, 0.1) is 19.3 Å². The lowest BCUT2D eigenvalue weighted by molar-refractivity contribution is 0.0713. The summed E-state index contributed by atoms with van der Waals surface area (Å²) in [5.41, 5.74) is 2.34. The van der Waals surface area contributed by atoms with Crippen LogP contribution in [0.3, 0.4) is 0 Å². The third kappa shape index (κ3) is 5.08. The highest BCUT2D eigenvalue weighted by Crippen LogP contribution is 2.50. The molecule has 4 fully saturated rings. The van der Waals surface area contributed by atoms with Gasteiger partial charge in [0.1, 0.15) is 6.61 Å². The van der Waals surface area contributed by atoms with Gasteiger partial charge in [-0.1, -0.05) is 60.7 Å². The number of aliphatic hydroxyl groups is 2. The van der Waals surface area contributed by atoms with Crippen molar-refractivity contribution in [3.8, 4) is 0 Å². The lowest BCUT2D eigenvalue weighted by Gasteiger charge is -2.25. The first kappa shape index (κ1) is 22.4. The molecule has 6 nitrogen and oxygen atoms in total. The molecule has 2 heterocycles. The molecular formula is C27H34N2O4. The monoisotopic (exact) mass is 450 g/mol. The highest BCUT2D eigenvalue weighted by molar-refractivity contribution is 5.69. The van der Waals surface area contributed by atoms with E-state index in [4.69, 9.17) is 4.74 Å². The van der Waals surface area contributed by atoms with Crippen molar-refractivity contribution in [2.75, 3.05) is 26.3 Å². The van der Waals surface area contributed by atoms with Gasteiger partial charge in [0.15, 0.2) is 0 Å². The molecule has 2 aromatic carbocycles. The molecule has 33 heavy (non-hydrogen) atoms. The molecule has 2 aromatic rings. The first-order valence-corrected chi connectivity index (χ1v) is 12.1. The van der Waals surface area contributed by atoms with Crippen molar-refractivity contribution >= 4 is 6.09 Å². The number of rotatable bonds is 6. The fraction of sp³-hybridized carbons (Fsp3) is 0.519. The smallest absolute Gasteiger partial charge is 0.410 e. The molecule has 0 aromatic heterocycles. The summed E-state index contributed by atoms with van der Waals surface area (Å²) in [6.07, 6.45) is 2.19. The highest BCUT2D eigenvalue weighted by atomic mass is 16.6. The Bertz CT molecular complexity index is 924. The molecular weight excluding hydrogens is 416 g/mol. The summed E-state index contributed by atoms with van der Waals surface area (Å²) in [7, 11) is 0. The Labute approximate surface area is 195 Å². The van der Waals surface area contributed by atoms with Crippen LogP contribution in [0.15, 0.2) is 60.7 Å². The summed E-state index contributed by atoms with van der Waals surface area (Å²) >= 11 is 0. The number of benzene rings is 2. The highest BCUT2D eigenvalue weighted by Gasteiger charge is 2.54. The van der Waals surface area contributed by atoms with E-state index >= 15 is 0 Å². The Morgan fingerprint density at radius 3 is 2.03 bits per heavy atom. The first-order chi connectivity index (χ1) is 16.2. The third-order valence-electron chi connectivity index (χ3n) is 7.75. The Kier molecular flexibility index (Phi) is 6.67. The van der Waals surface area contributed by atoms with Crippen molar-refractivity contribution in [2.24, 2.45) is 23.7 Å². The molecule has 2 saturated carbocycles. The van der Waals surface area contributed by atoms with Gasteiger partial charge in [0.25, 0.3) is 0 Å². The number of hydrogen-bond acceptors (Lipinski definition) is 5. The summed E-state index contributed by atoms with van der Waals surface area (Å²) in [6.45, 7) is 3.59. The van der Waals surface area contributed by atoms with E-state index in [-0.39, 0.29) is 18.7 Å². The molecule has 176 valence electrons. The van der Waals surface area contributed by atoms with Gasteiger partial charge in [-0.15, -0.1) is 0 Å². The summed E-state index contributed by atoms with van der Waals surface area (Å²) in [5, 5.41) is 18.7. The third-order valence-corrected chi connectivity index (χ3v) is 7.75. The minimum absolute atomic E-state index is 0.0294. The maximum atomic E-state index is 11.9. The molecule has 0 spiro atoms.